The summed E-state index contributed by atoms with van der Waals surface area (Å²) in [6, 6.07) is 7.99. The predicted octanol–water partition coefficient (Wildman–Crippen LogP) is 0.449. The summed E-state index contributed by atoms with van der Waals surface area (Å²) < 4.78 is 3.61. The molecular formula is C13H17N7. The maximum atomic E-state index is 5.72. The summed E-state index contributed by atoms with van der Waals surface area (Å²) >= 11 is 0. The third-order valence-corrected chi connectivity index (χ3v) is 3.51. The predicted molar refractivity (Wildman–Crippen MR) is 75.5 cm³/mol. The third kappa shape index (κ3) is 2.06. The van der Waals surface area contributed by atoms with E-state index in [0.717, 1.165) is 22.4 Å². The van der Waals surface area contributed by atoms with Gasteiger partial charge in [0.05, 0.1) is 17.3 Å². The Morgan fingerprint density at radius 2 is 2.05 bits per heavy atom. The fourth-order valence-corrected chi connectivity index (χ4v) is 2.42. The Labute approximate surface area is 116 Å². The van der Waals surface area contributed by atoms with Gasteiger partial charge in [0.1, 0.15) is 12.2 Å². The van der Waals surface area contributed by atoms with Crippen molar-refractivity contribution in [3.63, 3.8) is 0 Å². The van der Waals surface area contributed by atoms with E-state index in [0.29, 0.717) is 6.42 Å². The van der Waals surface area contributed by atoms with E-state index in [9.17, 15) is 0 Å². The van der Waals surface area contributed by atoms with Crippen molar-refractivity contribution in [1.82, 2.24) is 30.0 Å². The maximum absolute atomic E-state index is 5.72. The van der Waals surface area contributed by atoms with Gasteiger partial charge in [0.15, 0.2) is 0 Å². The zero-order valence-corrected chi connectivity index (χ0v) is 11.5. The van der Waals surface area contributed by atoms with Gasteiger partial charge in [-0.25, -0.2) is 4.98 Å². The van der Waals surface area contributed by atoms with Gasteiger partial charge in [-0.2, -0.15) is 10.2 Å². The van der Waals surface area contributed by atoms with Crippen LogP contribution in [0.25, 0.3) is 10.9 Å². The number of para-hydroxylation sites is 1. The van der Waals surface area contributed by atoms with Crippen LogP contribution in [0.1, 0.15) is 17.6 Å². The molecule has 0 aliphatic heterocycles. The maximum Gasteiger partial charge on any atom is 0.138 e. The molecule has 0 aliphatic carbocycles. The van der Waals surface area contributed by atoms with Crippen molar-refractivity contribution in [2.75, 3.05) is 0 Å². The Balaban J connectivity index is 2.01. The number of hydrazine groups is 1. The van der Waals surface area contributed by atoms with Gasteiger partial charge in [0.25, 0.3) is 0 Å². The van der Waals surface area contributed by atoms with Crippen LogP contribution in [-0.2, 0) is 20.5 Å². The van der Waals surface area contributed by atoms with Gasteiger partial charge < -0.3 is 0 Å². The largest absolute Gasteiger partial charge is 0.271 e. The second kappa shape index (κ2) is 5.03. The van der Waals surface area contributed by atoms with E-state index in [1.54, 1.807) is 11.0 Å². The van der Waals surface area contributed by atoms with Crippen molar-refractivity contribution in [3.8, 4) is 0 Å². The second-order valence-corrected chi connectivity index (χ2v) is 4.75. The van der Waals surface area contributed by atoms with Crippen LogP contribution >= 0.6 is 0 Å². The Morgan fingerprint density at radius 3 is 2.75 bits per heavy atom. The Bertz CT molecular complexity index is 727. The Morgan fingerprint density at radius 1 is 1.25 bits per heavy atom. The smallest absolute Gasteiger partial charge is 0.138 e. The summed E-state index contributed by atoms with van der Waals surface area (Å²) in [5.74, 6) is 6.58. The molecule has 1 aromatic carbocycles. The highest BCUT2D eigenvalue weighted by atomic mass is 15.3. The number of hydrogen-bond acceptors (Lipinski definition) is 5. The molecule has 3 aromatic rings. The first-order valence-electron chi connectivity index (χ1n) is 6.41. The molecule has 20 heavy (non-hydrogen) atoms. The molecule has 7 heteroatoms. The quantitative estimate of drug-likeness (QED) is 0.531. The highest BCUT2D eigenvalue weighted by Gasteiger charge is 2.20. The van der Waals surface area contributed by atoms with E-state index >= 15 is 0 Å². The average Bonchev–Trinajstić information content (AvgIpc) is 3.01. The number of nitrogens with two attached hydrogens (primary N) is 1. The van der Waals surface area contributed by atoms with Gasteiger partial charge in [-0.15, -0.1) is 0 Å². The minimum Gasteiger partial charge on any atom is -0.271 e. The molecule has 7 nitrogen and oxygen atoms in total. The zero-order valence-electron chi connectivity index (χ0n) is 11.5. The normalized spacial score (nSPS) is 12.9. The molecule has 0 aliphatic rings. The van der Waals surface area contributed by atoms with Crippen LogP contribution in [-0.4, -0.2) is 24.5 Å². The number of benzene rings is 1. The average molecular weight is 271 g/mol. The fraction of sp³-hybridized carbons (Fsp3) is 0.308. The number of aromatic nitrogens is 5. The standard InChI is InChI=1S/C13H17N7/c1-19-11-6-4-3-5-9(11)13(18-19)10(17-14)7-12-15-8-16-20(12)2/h3-6,8,10,17H,7,14H2,1-2H3. The lowest BCUT2D eigenvalue weighted by Crippen LogP contribution is -2.31. The molecule has 2 aromatic heterocycles. The van der Waals surface area contributed by atoms with Crippen LogP contribution in [0.3, 0.4) is 0 Å². The zero-order chi connectivity index (χ0) is 14.1. The minimum absolute atomic E-state index is 0.107. The summed E-state index contributed by atoms with van der Waals surface area (Å²) in [4.78, 5) is 4.24. The number of nitrogens with one attached hydrogen (secondary N) is 1. The van der Waals surface area contributed by atoms with E-state index in [4.69, 9.17) is 5.84 Å². The molecule has 0 amide bonds. The molecule has 1 atom stereocenters. The van der Waals surface area contributed by atoms with Crippen LogP contribution in [0.5, 0.6) is 0 Å². The third-order valence-electron chi connectivity index (χ3n) is 3.51. The molecule has 0 fully saturated rings. The minimum atomic E-state index is -0.107. The van der Waals surface area contributed by atoms with Crippen LogP contribution in [0.2, 0.25) is 0 Å². The van der Waals surface area contributed by atoms with E-state index in [2.05, 4.69) is 26.7 Å². The Kier molecular flexibility index (Phi) is 3.21. The molecule has 0 saturated carbocycles. The monoisotopic (exact) mass is 271 g/mol. The van der Waals surface area contributed by atoms with Crippen molar-refractivity contribution in [1.29, 1.82) is 0 Å². The van der Waals surface area contributed by atoms with E-state index in [1.807, 2.05) is 37.0 Å². The lowest BCUT2D eigenvalue weighted by molar-refractivity contribution is 0.508. The van der Waals surface area contributed by atoms with Gasteiger partial charge >= 0.3 is 0 Å². The molecule has 0 saturated heterocycles. The summed E-state index contributed by atoms with van der Waals surface area (Å²) in [7, 11) is 3.80. The molecule has 0 bridgehead atoms. The molecule has 3 rings (SSSR count). The van der Waals surface area contributed by atoms with Crippen molar-refractivity contribution in [2.45, 2.75) is 12.5 Å². The van der Waals surface area contributed by atoms with Gasteiger partial charge in [-0.05, 0) is 6.07 Å². The first-order chi connectivity index (χ1) is 9.70. The topological polar surface area (TPSA) is 86.6 Å². The van der Waals surface area contributed by atoms with Crippen LogP contribution < -0.4 is 11.3 Å². The summed E-state index contributed by atoms with van der Waals surface area (Å²) in [5, 5.41) is 9.76. The Hall–Kier alpha value is -2.25. The SMILES string of the molecule is Cn1ncnc1CC(NN)c1nn(C)c2ccccc12. The van der Waals surface area contributed by atoms with Crippen molar-refractivity contribution in [2.24, 2.45) is 19.9 Å². The molecule has 0 radical (unpaired) electrons. The van der Waals surface area contributed by atoms with Gasteiger partial charge in [0, 0.05) is 25.9 Å². The fourth-order valence-electron chi connectivity index (χ4n) is 2.42. The molecule has 104 valence electrons. The molecular weight excluding hydrogens is 254 g/mol. The highest BCUT2D eigenvalue weighted by Crippen LogP contribution is 2.24. The van der Waals surface area contributed by atoms with Crippen molar-refractivity contribution >= 4 is 10.9 Å². The van der Waals surface area contributed by atoms with E-state index in [-0.39, 0.29) is 6.04 Å². The molecule has 3 N–H and O–H groups in total. The highest BCUT2D eigenvalue weighted by molar-refractivity contribution is 5.82. The van der Waals surface area contributed by atoms with E-state index in [1.165, 1.54) is 0 Å². The number of rotatable bonds is 4. The number of aryl methyl sites for hydroxylation is 2. The molecule has 0 spiro atoms. The summed E-state index contributed by atoms with van der Waals surface area (Å²) in [6.07, 6.45) is 2.17. The summed E-state index contributed by atoms with van der Waals surface area (Å²) in [6.45, 7) is 0. The van der Waals surface area contributed by atoms with Gasteiger partial charge in [0.2, 0.25) is 0 Å². The lowest BCUT2D eigenvalue weighted by Gasteiger charge is -2.13. The number of fused-ring (bicyclic) bond motifs is 1. The van der Waals surface area contributed by atoms with Crippen molar-refractivity contribution < 1.29 is 0 Å². The second-order valence-electron chi connectivity index (χ2n) is 4.75. The van der Waals surface area contributed by atoms with Gasteiger partial charge in [-0.1, -0.05) is 18.2 Å². The molecule has 1 unspecified atom stereocenters. The van der Waals surface area contributed by atoms with Crippen LogP contribution in [0.15, 0.2) is 30.6 Å². The van der Waals surface area contributed by atoms with Gasteiger partial charge in [-0.3, -0.25) is 20.6 Å². The van der Waals surface area contributed by atoms with E-state index < -0.39 is 0 Å². The summed E-state index contributed by atoms with van der Waals surface area (Å²) in [5.41, 5.74) is 4.84. The lowest BCUT2D eigenvalue weighted by atomic mass is 10.1. The molecule has 2 heterocycles. The van der Waals surface area contributed by atoms with Crippen LogP contribution in [0.4, 0.5) is 0 Å². The number of hydrogen-bond donors (Lipinski definition) is 2. The first-order valence-corrected chi connectivity index (χ1v) is 6.41. The van der Waals surface area contributed by atoms with Crippen LogP contribution in [0, 0.1) is 0 Å². The number of nitrogens with zero attached hydrogens (tertiary/aromatic N) is 5. The first kappa shape index (κ1) is 12.8. The van der Waals surface area contributed by atoms with Crippen molar-refractivity contribution in [3.05, 3.63) is 42.1 Å².